The van der Waals surface area contributed by atoms with Crippen LogP contribution in [-0.2, 0) is 6.18 Å². The van der Waals surface area contributed by atoms with Gasteiger partial charge in [-0.05, 0) is 30.2 Å². The quantitative estimate of drug-likeness (QED) is 0.678. The number of carbonyl (C=O) groups excluding carboxylic acids is 1. The van der Waals surface area contributed by atoms with E-state index in [1.54, 1.807) is 0 Å². The van der Waals surface area contributed by atoms with Crippen LogP contribution in [-0.4, -0.2) is 33.5 Å². The van der Waals surface area contributed by atoms with Gasteiger partial charge in [-0.2, -0.15) is 13.2 Å². The number of hydrogen-bond acceptors (Lipinski definition) is 6. The Bertz CT molecular complexity index is 794. The molecule has 0 saturated heterocycles. The molecule has 0 aliphatic heterocycles. The molecule has 0 aliphatic rings. The van der Waals surface area contributed by atoms with Gasteiger partial charge >= 0.3 is 6.18 Å². The molecule has 0 radical (unpaired) electrons. The first-order chi connectivity index (χ1) is 12.1. The van der Waals surface area contributed by atoms with E-state index in [0.29, 0.717) is 0 Å². The number of aromatic nitrogens is 2. The van der Waals surface area contributed by atoms with Crippen molar-refractivity contribution in [3.8, 4) is 0 Å². The lowest BCUT2D eigenvalue weighted by atomic mass is 10.0. The summed E-state index contributed by atoms with van der Waals surface area (Å²) < 4.78 is 39.9. The number of nitrogens with two attached hydrogens (primary N) is 1. The molecule has 140 valence electrons. The van der Waals surface area contributed by atoms with Gasteiger partial charge in [0.05, 0.1) is 23.8 Å². The Balaban J connectivity index is 2.52. The van der Waals surface area contributed by atoms with Gasteiger partial charge in [-0.1, -0.05) is 13.8 Å². The highest BCUT2D eigenvalue weighted by Crippen LogP contribution is 2.33. The van der Waals surface area contributed by atoms with Gasteiger partial charge < -0.3 is 16.2 Å². The van der Waals surface area contributed by atoms with Crippen LogP contribution in [0.2, 0.25) is 0 Å². The number of carbonyl (C=O) groups is 1. The maximum absolute atomic E-state index is 13.3. The first kappa shape index (κ1) is 19.6. The van der Waals surface area contributed by atoms with E-state index in [0.717, 1.165) is 12.1 Å². The fraction of sp³-hybridized carbons (Fsp3) is 0.353. The zero-order valence-electron chi connectivity index (χ0n) is 14.2. The van der Waals surface area contributed by atoms with Gasteiger partial charge in [0, 0.05) is 6.20 Å². The Kier molecular flexibility index (Phi) is 5.81. The Labute approximate surface area is 148 Å². The van der Waals surface area contributed by atoms with Crippen molar-refractivity contribution >= 4 is 17.4 Å². The van der Waals surface area contributed by atoms with Crippen LogP contribution in [0.1, 0.15) is 35.5 Å². The molecule has 0 saturated carbocycles. The largest absolute Gasteiger partial charge is 0.418 e. The molecule has 0 fully saturated rings. The molecular weight excluding hydrogens is 349 g/mol. The molecule has 2 heterocycles. The van der Waals surface area contributed by atoms with Gasteiger partial charge in [-0.25, -0.2) is 9.97 Å². The molecule has 0 amide bonds. The van der Waals surface area contributed by atoms with Gasteiger partial charge in [0.2, 0.25) is 5.78 Å². The molecule has 0 aliphatic carbocycles. The molecule has 0 aromatic carbocycles. The summed E-state index contributed by atoms with van der Waals surface area (Å²) in [5.41, 5.74) is 3.51. The van der Waals surface area contributed by atoms with E-state index in [9.17, 15) is 23.1 Å². The lowest BCUT2D eigenvalue weighted by Crippen LogP contribution is -2.30. The van der Waals surface area contributed by atoms with Crippen LogP contribution in [0.15, 0.2) is 30.5 Å². The van der Waals surface area contributed by atoms with E-state index in [1.807, 2.05) is 13.8 Å². The highest BCUT2D eigenvalue weighted by Gasteiger charge is 2.37. The van der Waals surface area contributed by atoms with Crippen molar-refractivity contribution in [3.05, 3.63) is 47.3 Å². The van der Waals surface area contributed by atoms with E-state index in [-0.39, 0.29) is 29.7 Å². The Hall–Kier alpha value is -2.68. The van der Waals surface area contributed by atoms with E-state index in [4.69, 9.17) is 5.73 Å². The summed E-state index contributed by atoms with van der Waals surface area (Å²) in [5.74, 6) is -1.10. The van der Waals surface area contributed by atoms with E-state index < -0.39 is 29.3 Å². The lowest BCUT2D eigenvalue weighted by molar-refractivity contribution is -0.138. The number of anilines is 2. The average Bonchev–Trinajstić information content (AvgIpc) is 2.58. The van der Waals surface area contributed by atoms with Crippen molar-refractivity contribution in [2.24, 2.45) is 5.92 Å². The number of nitrogens with one attached hydrogen (secondary N) is 1. The molecule has 2 aromatic heterocycles. The minimum atomic E-state index is -4.76. The lowest BCUT2D eigenvalue weighted by Gasteiger charge is -2.21. The average molecular weight is 368 g/mol. The number of aliphatic hydroxyl groups excluding tert-OH is 1. The van der Waals surface area contributed by atoms with Gasteiger partial charge in [0.25, 0.3) is 0 Å². The molecule has 0 spiro atoms. The summed E-state index contributed by atoms with van der Waals surface area (Å²) in [7, 11) is 0. The Morgan fingerprint density at radius 1 is 1.31 bits per heavy atom. The topological polar surface area (TPSA) is 101 Å². The van der Waals surface area contributed by atoms with Crippen molar-refractivity contribution in [1.82, 2.24) is 9.97 Å². The van der Waals surface area contributed by atoms with Crippen LogP contribution >= 0.6 is 0 Å². The van der Waals surface area contributed by atoms with Crippen molar-refractivity contribution < 1.29 is 23.1 Å². The van der Waals surface area contributed by atoms with Gasteiger partial charge in [-0.3, -0.25) is 4.79 Å². The molecule has 9 heteroatoms. The Morgan fingerprint density at radius 2 is 2.00 bits per heavy atom. The second kappa shape index (κ2) is 7.69. The standard InChI is InChI=1S/C17H19F3N4O2/c1-9(2)12(8-25)23-13-6-5-11(17(18,19)20)14(24-13)15(26)10-4-3-7-22-16(10)21/h3-7,9,12,25H,8H2,1-2H3,(H2,21,22)(H,23,24). The molecule has 0 bridgehead atoms. The summed E-state index contributed by atoms with van der Waals surface area (Å²) in [6, 6.07) is 4.17. The monoisotopic (exact) mass is 368 g/mol. The maximum atomic E-state index is 13.3. The highest BCUT2D eigenvalue weighted by atomic mass is 19.4. The number of pyridine rings is 2. The fourth-order valence-electron chi connectivity index (χ4n) is 2.29. The van der Waals surface area contributed by atoms with Gasteiger partial charge in [0.15, 0.2) is 0 Å². The molecule has 2 rings (SSSR count). The van der Waals surface area contributed by atoms with Crippen LogP contribution in [0.25, 0.3) is 0 Å². The number of ketones is 1. The predicted molar refractivity (Wildman–Crippen MR) is 90.7 cm³/mol. The Morgan fingerprint density at radius 3 is 2.54 bits per heavy atom. The van der Waals surface area contributed by atoms with Crippen LogP contribution in [0.4, 0.5) is 24.8 Å². The van der Waals surface area contributed by atoms with Crippen molar-refractivity contribution in [2.75, 3.05) is 17.7 Å². The summed E-state index contributed by atoms with van der Waals surface area (Å²) in [5, 5.41) is 12.2. The van der Waals surface area contributed by atoms with E-state index in [2.05, 4.69) is 15.3 Å². The number of rotatable bonds is 6. The molecule has 6 nitrogen and oxygen atoms in total. The van der Waals surface area contributed by atoms with Gasteiger partial charge in [-0.15, -0.1) is 0 Å². The van der Waals surface area contributed by atoms with Crippen LogP contribution < -0.4 is 11.1 Å². The first-order valence-electron chi connectivity index (χ1n) is 7.86. The van der Waals surface area contributed by atoms with Gasteiger partial charge in [0.1, 0.15) is 17.3 Å². The first-order valence-corrected chi connectivity index (χ1v) is 7.86. The minimum absolute atomic E-state index is 0.00258. The van der Waals surface area contributed by atoms with Crippen molar-refractivity contribution in [3.63, 3.8) is 0 Å². The number of nitrogen functional groups attached to an aromatic ring is 1. The zero-order valence-corrected chi connectivity index (χ0v) is 14.2. The molecule has 1 unspecified atom stereocenters. The number of hydrogen-bond donors (Lipinski definition) is 3. The highest BCUT2D eigenvalue weighted by molar-refractivity contribution is 6.11. The minimum Gasteiger partial charge on any atom is -0.394 e. The zero-order chi connectivity index (χ0) is 19.5. The van der Waals surface area contributed by atoms with E-state index in [1.165, 1.54) is 18.3 Å². The predicted octanol–water partition coefficient (Wildman–Crippen LogP) is 2.74. The maximum Gasteiger partial charge on any atom is 0.418 e. The second-order valence-corrected chi connectivity index (χ2v) is 6.03. The number of alkyl halides is 3. The molecule has 4 N–H and O–H groups in total. The van der Waals surface area contributed by atoms with Crippen LogP contribution in [0.5, 0.6) is 0 Å². The number of halogens is 3. The fourth-order valence-corrected chi connectivity index (χ4v) is 2.29. The smallest absolute Gasteiger partial charge is 0.394 e. The molecule has 2 aromatic rings. The third kappa shape index (κ3) is 4.29. The van der Waals surface area contributed by atoms with Crippen LogP contribution in [0.3, 0.4) is 0 Å². The summed E-state index contributed by atoms with van der Waals surface area (Å²) in [6.07, 6.45) is -3.43. The second-order valence-electron chi connectivity index (χ2n) is 6.03. The third-order valence-corrected chi connectivity index (χ3v) is 3.83. The SMILES string of the molecule is CC(C)C(CO)Nc1ccc(C(F)(F)F)c(C(=O)c2cccnc2N)n1. The van der Waals surface area contributed by atoms with Crippen LogP contribution in [0, 0.1) is 5.92 Å². The molecular formula is C17H19F3N4O2. The van der Waals surface area contributed by atoms with Crippen molar-refractivity contribution in [1.29, 1.82) is 0 Å². The molecule has 1 atom stereocenters. The summed E-state index contributed by atoms with van der Waals surface area (Å²) in [6.45, 7) is 3.43. The number of aliphatic hydroxyl groups is 1. The number of nitrogens with zero attached hydrogens (tertiary/aromatic N) is 2. The normalized spacial score (nSPS) is 12.9. The van der Waals surface area contributed by atoms with Crippen molar-refractivity contribution in [2.45, 2.75) is 26.1 Å². The summed E-state index contributed by atoms with van der Waals surface area (Å²) in [4.78, 5) is 20.2. The summed E-state index contributed by atoms with van der Waals surface area (Å²) >= 11 is 0. The van der Waals surface area contributed by atoms with E-state index >= 15 is 0 Å². The third-order valence-electron chi connectivity index (χ3n) is 3.83. The molecule has 26 heavy (non-hydrogen) atoms.